The molecule has 0 spiro atoms. The molecule has 2 fully saturated rings. The van der Waals surface area contributed by atoms with E-state index >= 15 is 0 Å². The maximum absolute atomic E-state index is 5.16. The molecule has 2 atom stereocenters. The number of piperidine rings is 1. The number of nitrogens with one attached hydrogen (secondary N) is 1. The van der Waals surface area contributed by atoms with Crippen LogP contribution in [-0.4, -0.2) is 42.2 Å². The molecule has 18 heavy (non-hydrogen) atoms. The monoisotopic (exact) mass is 247 g/mol. The van der Waals surface area contributed by atoms with E-state index in [4.69, 9.17) is 4.74 Å². The Kier molecular flexibility index (Phi) is 3.37. The molecule has 1 aromatic rings. The fraction of sp³-hybridized carbons (Fsp3) is 0.643. The first-order chi connectivity index (χ1) is 8.86. The van der Waals surface area contributed by atoms with E-state index in [2.05, 4.69) is 15.2 Å². The number of hydrogen-bond donors (Lipinski definition) is 1. The van der Waals surface area contributed by atoms with Crippen LogP contribution >= 0.6 is 0 Å². The van der Waals surface area contributed by atoms with Crippen molar-refractivity contribution in [1.29, 1.82) is 0 Å². The molecule has 0 amide bonds. The molecule has 3 rings (SSSR count). The summed E-state index contributed by atoms with van der Waals surface area (Å²) in [5, 5.41) is 3.65. The van der Waals surface area contributed by atoms with Crippen molar-refractivity contribution in [2.24, 2.45) is 0 Å². The van der Waals surface area contributed by atoms with Crippen LogP contribution < -0.4 is 10.1 Å². The lowest BCUT2D eigenvalue weighted by Gasteiger charge is -2.32. The van der Waals surface area contributed by atoms with E-state index in [1.807, 2.05) is 12.1 Å². The van der Waals surface area contributed by atoms with Crippen molar-refractivity contribution in [3.05, 3.63) is 18.3 Å². The van der Waals surface area contributed by atoms with Crippen molar-refractivity contribution in [3.63, 3.8) is 0 Å². The topological polar surface area (TPSA) is 37.4 Å². The van der Waals surface area contributed by atoms with Gasteiger partial charge in [-0.1, -0.05) is 6.42 Å². The van der Waals surface area contributed by atoms with Crippen LogP contribution in [0.25, 0.3) is 0 Å². The molecule has 98 valence electrons. The number of hydrogen-bond acceptors (Lipinski definition) is 4. The van der Waals surface area contributed by atoms with E-state index < -0.39 is 0 Å². The Morgan fingerprint density at radius 2 is 2.28 bits per heavy atom. The lowest BCUT2D eigenvalue weighted by atomic mass is 9.99. The molecule has 2 unspecified atom stereocenters. The average molecular weight is 247 g/mol. The Hall–Kier alpha value is -1.29. The second-order valence-electron chi connectivity index (χ2n) is 5.23. The molecule has 2 saturated heterocycles. The zero-order chi connectivity index (χ0) is 12.4. The van der Waals surface area contributed by atoms with E-state index in [-0.39, 0.29) is 0 Å². The van der Waals surface area contributed by atoms with Gasteiger partial charge in [0.2, 0.25) is 5.88 Å². The van der Waals surface area contributed by atoms with E-state index in [1.165, 1.54) is 38.8 Å². The van der Waals surface area contributed by atoms with E-state index in [0.29, 0.717) is 11.9 Å². The molecule has 1 aromatic heterocycles. The van der Waals surface area contributed by atoms with Gasteiger partial charge in [-0.3, -0.25) is 4.90 Å². The summed E-state index contributed by atoms with van der Waals surface area (Å²) in [5.41, 5.74) is 1.12. The maximum Gasteiger partial charge on any atom is 0.214 e. The van der Waals surface area contributed by atoms with Crippen molar-refractivity contribution in [2.45, 2.75) is 37.8 Å². The number of methoxy groups -OCH3 is 1. The van der Waals surface area contributed by atoms with Crippen LogP contribution in [0.2, 0.25) is 0 Å². The number of pyridine rings is 1. The second kappa shape index (κ2) is 5.14. The minimum atomic E-state index is 0.581. The SMILES string of the molecule is COc1cc(NC2CCN3CCCCC23)ccn1. The highest BCUT2D eigenvalue weighted by Gasteiger charge is 2.35. The van der Waals surface area contributed by atoms with Crippen LogP contribution in [0.3, 0.4) is 0 Å². The minimum absolute atomic E-state index is 0.581. The number of nitrogens with zero attached hydrogens (tertiary/aromatic N) is 2. The number of aromatic nitrogens is 1. The standard InChI is InChI=1S/C14H21N3O/c1-18-14-10-11(5-7-15-14)16-12-6-9-17-8-3-2-4-13(12)17/h5,7,10,12-13H,2-4,6,8-9H2,1H3,(H,15,16). The van der Waals surface area contributed by atoms with Gasteiger partial charge in [0.25, 0.3) is 0 Å². The molecule has 1 N–H and O–H groups in total. The van der Waals surface area contributed by atoms with Crippen molar-refractivity contribution in [2.75, 3.05) is 25.5 Å². The van der Waals surface area contributed by atoms with Crippen LogP contribution in [0.4, 0.5) is 5.69 Å². The first-order valence-electron chi connectivity index (χ1n) is 6.87. The summed E-state index contributed by atoms with van der Waals surface area (Å²) in [6.07, 6.45) is 7.12. The van der Waals surface area contributed by atoms with Crippen LogP contribution in [0.15, 0.2) is 18.3 Å². The number of rotatable bonds is 3. The van der Waals surface area contributed by atoms with Crippen molar-refractivity contribution in [1.82, 2.24) is 9.88 Å². The maximum atomic E-state index is 5.16. The summed E-state index contributed by atoms with van der Waals surface area (Å²) in [6.45, 7) is 2.52. The molecule has 0 saturated carbocycles. The third-order valence-electron chi connectivity index (χ3n) is 4.15. The van der Waals surface area contributed by atoms with Gasteiger partial charge in [-0.25, -0.2) is 4.98 Å². The van der Waals surface area contributed by atoms with Crippen LogP contribution in [0.1, 0.15) is 25.7 Å². The molecule has 0 radical (unpaired) electrons. The third-order valence-corrected chi connectivity index (χ3v) is 4.15. The fourth-order valence-corrected chi connectivity index (χ4v) is 3.24. The summed E-state index contributed by atoms with van der Waals surface area (Å²) in [6, 6.07) is 5.30. The van der Waals surface area contributed by atoms with Gasteiger partial charge < -0.3 is 10.1 Å². The molecule has 4 nitrogen and oxygen atoms in total. The highest BCUT2D eigenvalue weighted by Crippen LogP contribution is 2.29. The Labute approximate surface area is 108 Å². The lowest BCUT2D eigenvalue weighted by Crippen LogP contribution is -2.41. The van der Waals surface area contributed by atoms with Gasteiger partial charge in [0.05, 0.1) is 7.11 Å². The average Bonchev–Trinajstić information content (AvgIpc) is 2.83. The molecule has 2 aliphatic rings. The third kappa shape index (κ3) is 2.29. The zero-order valence-electron chi connectivity index (χ0n) is 10.9. The predicted octanol–water partition coefficient (Wildman–Crippen LogP) is 2.13. The number of fused-ring (bicyclic) bond motifs is 1. The Bertz CT molecular complexity index is 410. The van der Waals surface area contributed by atoms with Gasteiger partial charge in [-0.15, -0.1) is 0 Å². The van der Waals surface area contributed by atoms with Crippen molar-refractivity contribution < 1.29 is 4.74 Å². The number of ether oxygens (including phenoxy) is 1. The highest BCUT2D eigenvalue weighted by molar-refractivity contribution is 5.46. The molecular formula is C14H21N3O. The normalized spacial score (nSPS) is 27.8. The number of anilines is 1. The summed E-state index contributed by atoms with van der Waals surface area (Å²) in [7, 11) is 1.66. The predicted molar refractivity (Wildman–Crippen MR) is 72.0 cm³/mol. The van der Waals surface area contributed by atoms with Gasteiger partial charge in [0.15, 0.2) is 0 Å². The van der Waals surface area contributed by atoms with Gasteiger partial charge >= 0.3 is 0 Å². The fourth-order valence-electron chi connectivity index (χ4n) is 3.24. The summed E-state index contributed by atoms with van der Waals surface area (Å²) >= 11 is 0. The van der Waals surface area contributed by atoms with Gasteiger partial charge in [-0.2, -0.15) is 0 Å². The van der Waals surface area contributed by atoms with Gasteiger partial charge in [-0.05, 0) is 31.9 Å². The summed E-state index contributed by atoms with van der Waals surface area (Å²) in [4.78, 5) is 6.78. The van der Waals surface area contributed by atoms with Crippen LogP contribution in [-0.2, 0) is 0 Å². The second-order valence-corrected chi connectivity index (χ2v) is 5.23. The van der Waals surface area contributed by atoms with E-state index in [1.54, 1.807) is 13.3 Å². The van der Waals surface area contributed by atoms with Crippen molar-refractivity contribution in [3.8, 4) is 5.88 Å². The van der Waals surface area contributed by atoms with Gasteiger partial charge in [0, 0.05) is 36.6 Å². The molecule has 0 aromatic carbocycles. The molecule has 3 heterocycles. The Morgan fingerprint density at radius 1 is 1.33 bits per heavy atom. The van der Waals surface area contributed by atoms with Crippen molar-refractivity contribution >= 4 is 5.69 Å². The van der Waals surface area contributed by atoms with Gasteiger partial charge in [0.1, 0.15) is 0 Å². The Morgan fingerprint density at radius 3 is 3.17 bits per heavy atom. The Balaban J connectivity index is 1.68. The molecular weight excluding hydrogens is 226 g/mol. The quantitative estimate of drug-likeness (QED) is 0.888. The zero-order valence-corrected chi connectivity index (χ0v) is 10.9. The molecule has 0 bridgehead atoms. The lowest BCUT2D eigenvalue weighted by molar-refractivity contribution is 0.193. The summed E-state index contributed by atoms with van der Waals surface area (Å²) in [5.74, 6) is 0.679. The van der Waals surface area contributed by atoms with Crippen LogP contribution in [0.5, 0.6) is 5.88 Å². The molecule has 0 aliphatic carbocycles. The molecule has 4 heteroatoms. The largest absolute Gasteiger partial charge is 0.481 e. The van der Waals surface area contributed by atoms with E-state index in [0.717, 1.165) is 11.7 Å². The van der Waals surface area contributed by atoms with E-state index in [9.17, 15) is 0 Å². The molecule has 2 aliphatic heterocycles. The smallest absolute Gasteiger partial charge is 0.214 e. The first kappa shape index (κ1) is 11.8. The highest BCUT2D eigenvalue weighted by atomic mass is 16.5. The van der Waals surface area contributed by atoms with Crippen LogP contribution in [0, 0.1) is 0 Å². The first-order valence-corrected chi connectivity index (χ1v) is 6.87. The minimum Gasteiger partial charge on any atom is -0.481 e. The summed E-state index contributed by atoms with van der Waals surface area (Å²) < 4.78 is 5.16.